The number of ketones is 1. The number of anilines is 1. The van der Waals surface area contributed by atoms with Crippen LogP contribution in [0.15, 0.2) is 48.1 Å². The molecular weight excluding hydrogens is 520 g/mol. The number of alkyl carbamates (subject to hydrolysis) is 1. The number of fused-ring (bicyclic) bond motifs is 2. The zero-order valence-electron chi connectivity index (χ0n) is 25.3. The second-order valence-electron chi connectivity index (χ2n) is 12.5. The maximum absolute atomic E-state index is 13.4. The summed E-state index contributed by atoms with van der Waals surface area (Å²) in [4.78, 5) is 39.8. The fraction of sp³-hybridized carbons (Fsp3) is 0.531. The van der Waals surface area contributed by atoms with Crippen molar-refractivity contribution in [2.75, 3.05) is 31.5 Å². The quantitative estimate of drug-likeness (QED) is 0.233. The lowest BCUT2D eigenvalue weighted by Crippen LogP contribution is -2.39. The van der Waals surface area contributed by atoms with Crippen LogP contribution in [0.5, 0.6) is 0 Å². The van der Waals surface area contributed by atoms with E-state index in [0.29, 0.717) is 63.1 Å². The average Bonchev–Trinajstić information content (AvgIpc) is 2.86. The van der Waals surface area contributed by atoms with Crippen molar-refractivity contribution < 1.29 is 23.9 Å². The highest BCUT2D eigenvalue weighted by Gasteiger charge is 2.27. The normalized spacial score (nSPS) is 16.1. The summed E-state index contributed by atoms with van der Waals surface area (Å²) in [6, 6.07) is 5.60. The number of carbonyl (C=O) groups excluding carboxylic acids is 3. The van der Waals surface area contributed by atoms with E-state index < -0.39 is 17.3 Å². The molecule has 1 aliphatic heterocycles. The third-order valence-corrected chi connectivity index (χ3v) is 6.54. The van der Waals surface area contributed by atoms with E-state index in [2.05, 4.69) is 15.5 Å². The SMILES string of the molecule is CC(C)(C)OC(=O)CCCN(CCCC(=O)c1cccc2c1NC1C=CC=CC1=C2N)CCNC(=O)OC(C)(C)C. The van der Waals surface area contributed by atoms with E-state index >= 15 is 0 Å². The molecule has 1 atom stereocenters. The lowest BCUT2D eigenvalue weighted by molar-refractivity contribution is -0.155. The van der Waals surface area contributed by atoms with Crippen LogP contribution in [0.2, 0.25) is 0 Å². The Morgan fingerprint density at radius 3 is 2.32 bits per heavy atom. The third-order valence-electron chi connectivity index (χ3n) is 6.54. The van der Waals surface area contributed by atoms with Crippen molar-refractivity contribution in [3.8, 4) is 0 Å². The highest BCUT2D eigenvalue weighted by Crippen LogP contribution is 2.36. The van der Waals surface area contributed by atoms with E-state index in [0.717, 1.165) is 16.8 Å². The summed E-state index contributed by atoms with van der Waals surface area (Å²) in [5, 5.41) is 6.27. The van der Waals surface area contributed by atoms with Crippen molar-refractivity contribution >= 4 is 29.2 Å². The Balaban J connectivity index is 1.58. The van der Waals surface area contributed by atoms with Crippen molar-refractivity contribution in [2.45, 2.75) is 84.5 Å². The minimum atomic E-state index is -0.574. The van der Waals surface area contributed by atoms with E-state index in [9.17, 15) is 14.4 Å². The molecule has 0 bridgehead atoms. The number of hydrogen-bond donors (Lipinski definition) is 3. The van der Waals surface area contributed by atoms with E-state index in [4.69, 9.17) is 15.2 Å². The van der Waals surface area contributed by atoms with Crippen LogP contribution in [0.4, 0.5) is 10.5 Å². The van der Waals surface area contributed by atoms with Gasteiger partial charge < -0.3 is 30.7 Å². The number of esters is 1. The molecule has 0 aromatic heterocycles. The average molecular weight is 567 g/mol. The molecule has 1 amide bonds. The number of allylic oxidation sites excluding steroid dienone is 2. The summed E-state index contributed by atoms with van der Waals surface area (Å²) >= 11 is 0. The van der Waals surface area contributed by atoms with E-state index in [1.165, 1.54) is 0 Å². The largest absolute Gasteiger partial charge is 0.460 e. The van der Waals surface area contributed by atoms with E-state index in [1.54, 1.807) is 0 Å². The van der Waals surface area contributed by atoms with Crippen LogP contribution < -0.4 is 16.4 Å². The summed E-state index contributed by atoms with van der Waals surface area (Å²) in [6.07, 6.45) is 9.40. The standard InChI is InChI=1S/C32H46N4O5/c1-31(2,3)40-27(38)17-11-20-36(21-18-34-30(39)41-32(4,5)6)19-10-16-26(37)23-13-9-14-24-28(33)22-12-7-8-15-25(22)35-29(23)24/h7-9,12-15,25,35H,10-11,16-21,33H2,1-6H3,(H,34,39). The number of carbonyl (C=O) groups is 3. The van der Waals surface area contributed by atoms with Crippen molar-refractivity contribution in [1.82, 2.24) is 10.2 Å². The second-order valence-corrected chi connectivity index (χ2v) is 12.5. The van der Waals surface area contributed by atoms with Gasteiger partial charge in [-0.1, -0.05) is 36.4 Å². The summed E-state index contributed by atoms with van der Waals surface area (Å²) in [6.45, 7) is 13.2. The lowest BCUT2D eigenvalue weighted by Gasteiger charge is -2.30. The van der Waals surface area contributed by atoms with Crippen LogP contribution in [0.3, 0.4) is 0 Å². The van der Waals surface area contributed by atoms with Gasteiger partial charge in [-0.25, -0.2) is 4.79 Å². The van der Waals surface area contributed by atoms with Gasteiger partial charge in [-0.15, -0.1) is 0 Å². The Bertz CT molecular complexity index is 1170. The van der Waals surface area contributed by atoms with Gasteiger partial charge in [0.2, 0.25) is 0 Å². The molecule has 1 unspecified atom stereocenters. The number of nitrogens with one attached hydrogen (secondary N) is 2. The van der Waals surface area contributed by atoms with E-state index in [1.807, 2.05) is 84.0 Å². The summed E-state index contributed by atoms with van der Waals surface area (Å²) in [5.41, 5.74) is 9.33. The van der Waals surface area contributed by atoms with Crippen molar-refractivity contribution in [1.29, 1.82) is 0 Å². The van der Waals surface area contributed by atoms with Gasteiger partial charge in [-0.2, -0.15) is 0 Å². The smallest absolute Gasteiger partial charge is 0.407 e. The second kappa shape index (κ2) is 13.9. The number of rotatable bonds is 12. The number of hydrogen-bond acceptors (Lipinski definition) is 8. The van der Waals surface area contributed by atoms with Gasteiger partial charge in [0.05, 0.1) is 11.7 Å². The minimum Gasteiger partial charge on any atom is -0.460 e. The fourth-order valence-electron chi connectivity index (χ4n) is 4.80. The van der Waals surface area contributed by atoms with Crippen LogP contribution in [0.1, 0.15) is 83.1 Å². The molecule has 0 spiro atoms. The lowest BCUT2D eigenvalue weighted by atomic mass is 9.89. The molecule has 0 radical (unpaired) electrons. The molecule has 0 saturated heterocycles. The predicted molar refractivity (Wildman–Crippen MR) is 163 cm³/mol. The fourth-order valence-corrected chi connectivity index (χ4v) is 4.80. The Morgan fingerprint density at radius 1 is 0.951 bits per heavy atom. The van der Waals surface area contributed by atoms with E-state index in [-0.39, 0.29) is 17.8 Å². The van der Waals surface area contributed by atoms with Gasteiger partial charge in [0.1, 0.15) is 11.2 Å². The van der Waals surface area contributed by atoms with Crippen molar-refractivity contribution in [3.63, 3.8) is 0 Å². The molecule has 9 heteroatoms. The monoisotopic (exact) mass is 566 g/mol. The first kappa shape index (κ1) is 31.9. The number of benzene rings is 1. The Kier molecular flexibility index (Phi) is 10.8. The molecule has 0 fully saturated rings. The first-order chi connectivity index (χ1) is 19.2. The molecular formula is C32H46N4O5. The molecule has 4 N–H and O–H groups in total. The molecule has 0 saturated carbocycles. The zero-order chi connectivity index (χ0) is 30.2. The molecule has 41 heavy (non-hydrogen) atoms. The minimum absolute atomic E-state index is 0.0431. The summed E-state index contributed by atoms with van der Waals surface area (Å²) < 4.78 is 10.8. The number of para-hydroxylation sites is 1. The van der Waals surface area contributed by atoms with Gasteiger partial charge >= 0.3 is 12.1 Å². The van der Waals surface area contributed by atoms with Crippen molar-refractivity contribution in [2.24, 2.45) is 5.73 Å². The number of Topliss-reactive ketones (excluding diaryl/α,β-unsaturated/α-hetero) is 1. The topological polar surface area (TPSA) is 123 Å². The highest BCUT2D eigenvalue weighted by molar-refractivity contribution is 6.04. The molecule has 1 aromatic carbocycles. The van der Waals surface area contributed by atoms with Gasteiger partial charge in [-0.3, -0.25) is 9.59 Å². The molecule has 224 valence electrons. The maximum Gasteiger partial charge on any atom is 0.407 e. The highest BCUT2D eigenvalue weighted by atomic mass is 16.6. The van der Waals surface area contributed by atoms with Crippen LogP contribution >= 0.6 is 0 Å². The van der Waals surface area contributed by atoms with Crippen LogP contribution in [-0.4, -0.2) is 66.2 Å². The number of nitrogens with two attached hydrogens (primary N) is 1. The zero-order valence-corrected chi connectivity index (χ0v) is 25.3. The number of ether oxygens (including phenoxy) is 2. The first-order valence-corrected chi connectivity index (χ1v) is 14.4. The van der Waals surface area contributed by atoms with Crippen molar-refractivity contribution in [3.05, 3.63) is 59.2 Å². The third kappa shape index (κ3) is 10.1. The van der Waals surface area contributed by atoms with Crippen LogP contribution in [0, 0.1) is 0 Å². The summed E-state index contributed by atoms with van der Waals surface area (Å²) in [7, 11) is 0. The molecule has 1 aromatic rings. The number of amides is 1. The Hall–Kier alpha value is -3.59. The van der Waals surface area contributed by atoms with Gasteiger partial charge in [0, 0.05) is 48.3 Å². The first-order valence-electron chi connectivity index (χ1n) is 14.4. The summed E-state index contributed by atoms with van der Waals surface area (Å²) in [5.74, 6) is -0.192. The maximum atomic E-state index is 13.4. The van der Waals surface area contributed by atoms with Crippen LogP contribution in [-0.2, 0) is 14.3 Å². The number of nitrogens with zero attached hydrogens (tertiary/aromatic N) is 1. The molecule has 1 aliphatic carbocycles. The van der Waals surface area contributed by atoms with Crippen LogP contribution in [0.25, 0.3) is 5.70 Å². The van der Waals surface area contributed by atoms with Gasteiger partial charge in [0.25, 0.3) is 0 Å². The predicted octanol–water partition coefficient (Wildman–Crippen LogP) is 5.19. The molecule has 1 heterocycles. The molecule has 9 nitrogen and oxygen atoms in total. The molecule has 2 aliphatic rings. The Labute approximate surface area is 244 Å². The Morgan fingerprint density at radius 2 is 1.63 bits per heavy atom. The van der Waals surface area contributed by atoms with Gasteiger partial charge in [0.15, 0.2) is 5.78 Å². The van der Waals surface area contributed by atoms with Gasteiger partial charge in [-0.05, 0) is 73.5 Å². The molecule has 3 rings (SSSR count).